The number of nitrogens with zero attached hydrogens (tertiary/aromatic N) is 1. The summed E-state index contributed by atoms with van der Waals surface area (Å²) in [7, 11) is 1.00. The van der Waals surface area contributed by atoms with Gasteiger partial charge in [-0.2, -0.15) is 0 Å². The van der Waals surface area contributed by atoms with E-state index in [0.29, 0.717) is 0 Å². The largest absolute Gasteiger partial charge is 0.400 e. The van der Waals surface area contributed by atoms with Gasteiger partial charge < -0.3 is 10.0 Å². The van der Waals surface area contributed by atoms with E-state index in [1.54, 1.807) is 5.57 Å². The van der Waals surface area contributed by atoms with Crippen LogP contribution in [0.5, 0.6) is 0 Å². The first-order valence-corrected chi connectivity index (χ1v) is 8.88. The predicted molar refractivity (Wildman–Crippen MR) is 103 cm³/mol. The highest BCUT2D eigenvalue weighted by molar-refractivity contribution is 5.82. The molecule has 2 aromatic carbocycles. The summed E-state index contributed by atoms with van der Waals surface area (Å²) >= 11 is 0. The maximum atomic E-state index is 7.00. The lowest BCUT2D eigenvalue weighted by Crippen LogP contribution is -2.31. The Morgan fingerprint density at radius 1 is 0.833 bits per heavy atom. The summed E-state index contributed by atoms with van der Waals surface area (Å²) in [5.41, 5.74) is 5.78. The fourth-order valence-corrected chi connectivity index (χ4v) is 3.40. The normalized spacial score (nSPS) is 14.7. The van der Waals surface area contributed by atoms with Crippen LogP contribution < -0.4 is 0 Å². The number of likely N-dealkylation sites (tertiary alicyclic amines) is 1. The number of rotatable bonds is 4. The Bertz CT molecular complexity index is 567. The molecule has 2 heteroatoms. The predicted octanol–water partition coefficient (Wildman–Crippen LogP) is 4.60. The second-order valence-corrected chi connectivity index (χ2v) is 6.05. The van der Waals surface area contributed by atoms with Crippen LogP contribution in [-0.2, 0) is 0 Å². The van der Waals surface area contributed by atoms with Crippen molar-refractivity contribution < 1.29 is 5.11 Å². The Morgan fingerprint density at radius 2 is 1.29 bits per heavy atom. The summed E-state index contributed by atoms with van der Waals surface area (Å²) in [5.74, 6) is 0. The SMILES string of the molecule is CCCN1CCC(=C(c2ccccc2)c2ccccc2)CC1.CO. The molecule has 0 aliphatic carbocycles. The molecule has 128 valence electrons. The third-order valence-corrected chi connectivity index (χ3v) is 4.48. The second-order valence-electron chi connectivity index (χ2n) is 6.05. The zero-order valence-electron chi connectivity index (χ0n) is 14.9. The van der Waals surface area contributed by atoms with E-state index >= 15 is 0 Å². The molecule has 0 bridgehead atoms. The van der Waals surface area contributed by atoms with Gasteiger partial charge in [0.25, 0.3) is 0 Å². The van der Waals surface area contributed by atoms with Gasteiger partial charge in [0.1, 0.15) is 0 Å². The number of aliphatic hydroxyl groups excluding tert-OH is 1. The molecular weight excluding hydrogens is 294 g/mol. The van der Waals surface area contributed by atoms with Crippen LogP contribution in [0, 0.1) is 0 Å². The van der Waals surface area contributed by atoms with Crippen molar-refractivity contribution in [2.24, 2.45) is 0 Å². The van der Waals surface area contributed by atoms with Gasteiger partial charge in [0.05, 0.1) is 0 Å². The molecule has 3 rings (SSSR count). The smallest absolute Gasteiger partial charge is 0.0319 e. The van der Waals surface area contributed by atoms with E-state index < -0.39 is 0 Å². The van der Waals surface area contributed by atoms with E-state index in [9.17, 15) is 0 Å². The Morgan fingerprint density at radius 3 is 1.71 bits per heavy atom. The van der Waals surface area contributed by atoms with Crippen LogP contribution in [-0.4, -0.2) is 36.8 Å². The maximum Gasteiger partial charge on any atom is 0.0319 e. The molecule has 0 unspecified atom stereocenters. The van der Waals surface area contributed by atoms with Gasteiger partial charge in [-0.05, 0) is 42.5 Å². The Kier molecular flexibility index (Phi) is 7.73. The summed E-state index contributed by atoms with van der Waals surface area (Å²) in [6.45, 7) is 5.91. The van der Waals surface area contributed by atoms with Gasteiger partial charge in [0.2, 0.25) is 0 Å². The molecular formula is C22H29NO. The van der Waals surface area contributed by atoms with E-state index in [2.05, 4.69) is 72.5 Å². The van der Waals surface area contributed by atoms with Gasteiger partial charge in [0, 0.05) is 20.2 Å². The fraction of sp³-hybridized carbons (Fsp3) is 0.364. The standard InChI is InChI=1S/C21H25N.CH4O/c1-2-15-22-16-13-20(14-17-22)21(18-9-5-3-6-10-18)19-11-7-4-8-12-19;1-2/h3-12H,2,13-17H2,1H3;2H,1H3. The van der Waals surface area contributed by atoms with Crippen LogP contribution in [0.15, 0.2) is 66.2 Å². The van der Waals surface area contributed by atoms with Gasteiger partial charge in [-0.15, -0.1) is 0 Å². The van der Waals surface area contributed by atoms with Crippen molar-refractivity contribution in [3.63, 3.8) is 0 Å². The van der Waals surface area contributed by atoms with E-state index in [-0.39, 0.29) is 0 Å². The van der Waals surface area contributed by atoms with Crippen LogP contribution in [0.25, 0.3) is 5.57 Å². The molecule has 1 aliphatic heterocycles. The van der Waals surface area contributed by atoms with Gasteiger partial charge >= 0.3 is 0 Å². The molecule has 2 nitrogen and oxygen atoms in total. The molecule has 2 aromatic rings. The lowest BCUT2D eigenvalue weighted by Gasteiger charge is -2.30. The fourth-order valence-electron chi connectivity index (χ4n) is 3.40. The molecule has 1 aliphatic rings. The molecule has 0 aromatic heterocycles. The van der Waals surface area contributed by atoms with E-state index in [1.807, 2.05) is 0 Å². The van der Waals surface area contributed by atoms with Gasteiger partial charge in [-0.1, -0.05) is 73.2 Å². The molecule has 24 heavy (non-hydrogen) atoms. The molecule has 1 N–H and O–H groups in total. The average Bonchev–Trinajstić information content (AvgIpc) is 2.67. The van der Waals surface area contributed by atoms with Crippen molar-refractivity contribution in [2.75, 3.05) is 26.7 Å². The number of hydrogen-bond acceptors (Lipinski definition) is 2. The van der Waals surface area contributed by atoms with E-state index in [4.69, 9.17) is 5.11 Å². The summed E-state index contributed by atoms with van der Waals surface area (Å²) in [6.07, 6.45) is 3.64. The van der Waals surface area contributed by atoms with Crippen molar-refractivity contribution >= 4 is 5.57 Å². The molecule has 0 spiro atoms. The topological polar surface area (TPSA) is 23.5 Å². The zero-order chi connectivity index (χ0) is 17.2. The second kappa shape index (κ2) is 10.1. The third-order valence-electron chi connectivity index (χ3n) is 4.48. The van der Waals surface area contributed by atoms with Gasteiger partial charge in [-0.3, -0.25) is 0 Å². The first-order chi connectivity index (χ1) is 11.9. The highest BCUT2D eigenvalue weighted by atomic mass is 16.2. The van der Waals surface area contributed by atoms with Crippen molar-refractivity contribution in [1.29, 1.82) is 0 Å². The molecule has 0 saturated carbocycles. The van der Waals surface area contributed by atoms with Crippen molar-refractivity contribution in [3.05, 3.63) is 77.4 Å². The van der Waals surface area contributed by atoms with E-state index in [0.717, 1.165) is 7.11 Å². The van der Waals surface area contributed by atoms with Crippen LogP contribution in [0.1, 0.15) is 37.3 Å². The quantitative estimate of drug-likeness (QED) is 0.888. The molecule has 1 fully saturated rings. The maximum absolute atomic E-state index is 7.00. The summed E-state index contributed by atoms with van der Waals surface area (Å²) in [5, 5.41) is 7.00. The highest BCUT2D eigenvalue weighted by Gasteiger charge is 2.18. The van der Waals surface area contributed by atoms with Crippen molar-refractivity contribution in [3.8, 4) is 0 Å². The lowest BCUT2D eigenvalue weighted by molar-refractivity contribution is 0.257. The molecule has 0 atom stereocenters. The summed E-state index contributed by atoms with van der Waals surface area (Å²) in [4.78, 5) is 2.59. The Labute approximate surface area is 146 Å². The Hall–Kier alpha value is -1.90. The minimum Gasteiger partial charge on any atom is -0.400 e. The summed E-state index contributed by atoms with van der Waals surface area (Å²) in [6, 6.07) is 21.7. The lowest BCUT2D eigenvalue weighted by atomic mass is 9.88. The zero-order valence-corrected chi connectivity index (χ0v) is 14.9. The number of hydrogen-bond donors (Lipinski definition) is 1. The van der Waals surface area contributed by atoms with Crippen molar-refractivity contribution in [1.82, 2.24) is 4.90 Å². The minimum absolute atomic E-state index is 1.00. The monoisotopic (exact) mass is 323 g/mol. The van der Waals surface area contributed by atoms with Crippen LogP contribution in [0.3, 0.4) is 0 Å². The molecule has 0 radical (unpaired) electrons. The number of benzene rings is 2. The van der Waals surface area contributed by atoms with Crippen LogP contribution in [0.2, 0.25) is 0 Å². The van der Waals surface area contributed by atoms with Crippen LogP contribution >= 0.6 is 0 Å². The van der Waals surface area contributed by atoms with Gasteiger partial charge in [-0.25, -0.2) is 0 Å². The van der Waals surface area contributed by atoms with Gasteiger partial charge in [0.15, 0.2) is 0 Å². The average molecular weight is 323 g/mol. The highest BCUT2D eigenvalue weighted by Crippen LogP contribution is 2.32. The van der Waals surface area contributed by atoms with Crippen LogP contribution in [0.4, 0.5) is 0 Å². The molecule has 1 saturated heterocycles. The van der Waals surface area contributed by atoms with Crippen molar-refractivity contribution in [2.45, 2.75) is 26.2 Å². The number of piperidine rings is 1. The first kappa shape index (κ1) is 18.4. The molecule has 1 heterocycles. The summed E-state index contributed by atoms with van der Waals surface area (Å²) < 4.78 is 0. The minimum atomic E-state index is 1.00. The third kappa shape index (κ3) is 4.80. The Balaban J connectivity index is 0.00000100. The number of aliphatic hydroxyl groups is 1. The first-order valence-electron chi connectivity index (χ1n) is 8.88. The van der Waals surface area contributed by atoms with E-state index in [1.165, 1.54) is 55.6 Å². The molecule has 0 amide bonds.